The van der Waals surface area contributed by atoms with Crippen LogP contribution in [0.25, 0.3) is 0 Å². The predicted octanol–water partition coefficient (Wildman–Crippen LogP) is 2.85. The molecule has 9 nitrogen and oxygen atoms in total. The van der Waals surface area contributed by atoms with Crippen LogP contribution >= 0.6 is 0 Å². The smallest absolute Gasteiger partial charge is 0.337 e. The highest BCUT2D eigenvalue weighted by atomic mass is 16.5. The number of hydrogen-bond donors (Lipinski definition) is 3. The topological polar surface area (TPSA) is 126 Å². The van der Waals surface area contributed by atoms with Crippen LogP contribution in [-0.2, 0) is 24.1 Å². The molecule has 0 saturated carbocycles. The zero-order valence-corrected chi connectivity index (χ0v) is 17.0. The molecule has 1 aromatic carbocycles. The number of H-pyrrole nitrogens is 1. The van der Waals surface area contributed by atoms with Crippen LogP contribution in [0.5, 0.6) is 0 Å². The number of amides is 2. The fraction of sp³-hybridized carbons (Fsp3) is 0.273. The third kappa shape index (κ3) is 4.50. The number of rotatable bonds is 6. The molecule has 0 radical (unpaired) electrons. The van der Waals surface area contributed by atoms with Gasteiger partial charge in [-0.1, -0.05) is 0 Å². The number of methoxy groups -OCH3 is 1. The summed E-state index contributed by atoms with van der Waals surface area (Å²) in [6, 6.07) is 7.92. The van der Waals surface area contributed by atoms with Crippen LogP contribution < -0.4 is 10.6 Å². The molecule has 1 aliphatic carbocycles. The van der Waals surface area contributed by atoms with Gasteiger partial charge >= 0.3 is 5.97 Å². The van der Waals surface area contributed by atoms with E-state index in [1.807, 2.05) is 0 Å². The molecule has 0 bridgehead atoms. The van der Waals surface area contributed by atoms with E-state index in [-0.39, 0.29) is 23.8 Å². The molecule has 1 aliphatic rings. The second-order valence-electron chi connectivity index (χ2n) is 7.26. The Hall–Kier alpha value is -3.88. The number of nitrogens with zero attached hydrogens (tertiary/aromatic N) is 1. The lowest BCUT2D eigenvalue weighted by Crippen LogP contribution is -2.25. The van der Waals surface area contributed by atoms with Crippen molar-refractivity contribution in [2.75, 3.05) is 12.4 Å². The van der Waals surface area contributed by atoms with Crippen molar-refractivity contribution in [1.29, 1.82) is 0 Å². The minimum absolute atomic E-state index is 0.140. The number of hydrogen-bond acceptors (Lipinski definition) is 6. The van der Waals surface area contributed by atoms with Gasteiger partial charge in [0, 0.05) is 23.5 Å². The van der Waals surface area contributed by atoms with E-state index in [4.69, 9.17) is 9.15 Å². The number of fused-ring (bicyclic) bond motifs is 1. The number of aryl methyl sites for hydroxylation is 1. The van der Waals surface area contributed by atoms with Gasteiger partial charge in [-0.3, -0.25) is 14.7 Å². The van der Waals surface area contributed by atoms with Crippen LogP contribution in [0.2, 0.25) is 0 Å². The number of benzene rings is 1. The molecule has 160 valence electrons. The van der Waals surface area contributed by atoms with Crippen molar-refractivity contribution in [2.24, 2.45) is 0 Å². The third-order valence-corrected chi connectivity index (χ3v) is 5.14. The second-order valence-corrected chi connectivity index (χ2v) is 7.26. The van der Waals surface area contributed by atoms with E-state index in [2.05, 4.69) is 20.8 Å². The van der Waals surface area contributed by atoms with E-state index < -0.39 is 11.9 Å². The van der Waals surface area contributed by atoms with Crippen molar-refractivity contribution in [1.82, 2.24) is 15.5 Å². The number of anilines is 1. The molecule has 2 amide bonds. The van der Waals surface area contributed by atoms with Gasteiger partial charge in [0.1, 0.15) is 0 Å². The van der Waals surface area contributed by atoms with E-state index in [1.54, 1.807) is 18.2 Å². The lowest BCUT2D eigenvalue weighted by Gasteiger charge is -2.12. The first-order chi connectivity index (χ1) is 15.0. The molecule has 3 N–H and O–H groups in total. The summed E-state index contributed by atoms with van der Waals surface area (Å²) in [6.45, 7) is 0.148. The Balaban J connectivity index is 1.51. The monoisotopic (exact) mass is 422 g/mol. The van der Waals surface area contributed by atoms with Crippen molar-refractivity contribution < 1.29 is 23.5 Å². The number of ether oxygens (including phenoxy) is 1. The minimum Gasteiger partial charge on any atom is -0.465 e. The Morgan fingerprint density at radius 1 is 1.16 bits per heavy atom. The Morgan fingerprint density at radius 3 is 2.77 bits per heavy atom. The summed E-state index contributed by atoms with van der Waals surface area (Å²) in [5.74, 6) is -1.15. The quantitative estimate of drug-likeness (QED) is 0.525. The molecular formula is C22H22N4O5. The number of nitrogens with one attached hydrogen (secondary N) is 3. The molecule has 0 unspecified atom stereocenters. The van der Waals surface area contributed by atoms with Gasteiger partial charge in [-0.15, -0.1) is 0 Å². The first-order valence-corrected chi connectivity index (χ1v) is 9.96. The van der Waals surface area contributed by atoms with Gasteiger partial charge in [0.25, 0.3) is 11.8 Å². The van der Waals surface area contributed by atoms with Gasteiger partial charge in [-0.05, 0) is 61.6 Å². The maximum absolute atomic E-state index is 12.7. The van der Waals surface area contributed by atoms with Gasteiger partial charge in [0.15, 0.2) is 11.5 Å². The normalized spacial score (nSPS) is 12.7. The van der Waals surface area contributed by atoms with Crippen LogP contribution in [0.15, 0.2) is 41.0 Å². The summed E-state index contributed by atoms with van der Waals surface area (Å²) in [4.78, 5) is 37.0. The summed E-state index contributed by atoms with van der Waals surface area (Å²) in [5.41, 5.74) is 3.65. The molecule has 9 heteroatoms. The van der Waals surface area contributed by atoms with Gasteiger partial charge in [0.2, 0.25) is 0 Å². The van der Waals surface area contributed by atoms with E-state index in [9.17, 15) is 14.4 Å². The number of carbonyl (C=O) groups excluding carboxylic acids is 3. The zero-order chi connectivity index (χ0) is 21.8. The zero-order valence-electron chi connectivity index (χ0n) is 17.0. The summed E-state index contributed by atoms with van der Waals surface area (Å²) in [7, 11) is 1.28. The number of aromatic nitrogens is 2. The van der Waals surface area contributed by atoms with E-state index >= 15 is 0 Å². The molecule has 0 atom stereocenters. The van der Waals surface area contributed by atoms with Crippen LogP contribution in [0, 0.1) is 0 Å². The third-order valence-electron chi connectivity index (χ3n) is 5.14. The average Bonchev–Trinajstić information content (AvgIpc) is 3.47. The van der Waals surface area contributed by atoms with Crippen LogP contribution in [0.1, 0.15) is 61.1 Å². The molecular weight excluding hydrogens is 400 g/mol. The highest BCUT2D eigenvalue weighted by Gasteiger charge is 2.21. The van der Waals surface area contributed by atoms with Gasteiger partial charge in [-0.2, -0.15) is 5.10 Å². The van der Waals surface area contributed by atoms with Crippen LogP contribution in [0.4, 0.5) is 5.69 Å². The Morgan fingerprint density at radius 2 is 2.00 bits per heavy atom. The number of aromatic amines is 1. The molecule has 0 spiro atoms. The molecule has 0 aliphatic heterocycles. The predicted molar refractivity (Wildman–Crippen MR) is 111 cm³/mol. The molecule has 2 heterocycles. The molecule has 31 heavy (non-hydrogen) atoms. The summed E-state index contributed by atoms with van der Waals surface area (Å²) >= 11 is 0. The highest BCUT2D eigenvalue weighted by Crippen LogP contribution is 2.22. The fourth-order valence-electron chi connectivity index (χ4n) is 3.64. The Kier molecular flexibility index (Phi) is 5.83. The molecule has 2 aromatic heterocycles. The average molecular weight is 422 g/mol. The second kappa shape index (κ2) is 8.86. The molecule has 0 saturated heterocycles. The number of carbonyl (C=O) groups is 3. The first-order valence-electron chi connectivity index (χ1n) is 9.96. The van der Waals surface area contributed by atoms with E-state index in [0.29, 0.717) is 16.9 Å². The lowest BCUT2D eigenvalue weighted by molar-refractivity contribution is 0.0600. The van der Waals surface area contributed by atoms with Crippen LogP contribution in [0.3, 0.4) is 0 Å². The van der Waals surface area contributed by atoms with Crippen molar-refractivity contribution in [3.05, 3.63) is 70.4 Å². The number of esters is 1. The van der Waals surface area contributed by atoms with Crippen LogP contribution in [-0.4, -0.2) is 35.1 Å². The summed E-state index contributed by atoms with van der Waals surface area (Å²) in [5, 5.41) is 12.7. The number of furan rings is 1. The summed E-state index contributed by atoms with van der Waals surface area (Å²) in [6.07, 6.45) is 5.25. The Bertz CT molecular complexity index is 1120. The van der Waals surface area contributed by atoms with E-state index in [1.165, 1.54) is 25.5 Å². The van der Waals surface area contributed by atoms with Crippen molar-refractivity contribution in [2.45, 2.75) is 32.2 Å². The van der Waals surface area contributed by atoms with Crippen molar-refractivity contribution >= 4 is 23.5 Å². The van der Waals surface area contributed by atoms with Gasteiger partial charge in [-0.25, -0.2) is 4.79 Å². The van der Waals surface area contributed by atoms with Crippen molar-refractivity contribution in [3.8, 4) is 0 Å². The molecule has 3 aromatic rings. The Labute approximate surface area is 178 Å². The van der Waals surface area contributed by atoms with Crippen molar-refractivity contribution in [3.63, 3.8) is 0 Å². The fourth-order valence-corrected chi connectivity index (χ4v) is 3.64. The maximum Gasteiger partial charge on any atom is 0.337 e. The largest absolute Gasteiger partial charge is 0.465 e. The molecule has 0 fully saturated rings. The van der Waals surface area contributed by atoms with Gasteiger partial charge < -0.3 is 19.8 Å². The maximum atomic E-state index is 12.7. The minimum atomic E-state index is -0.553. The van der Waals surface area contributed by atoms with E-state index in [0.717, 1.165) is 36.9 Å². The summed E-state index contributed by atoms with van der Waals surface area (Å²) < 4.78 is 9.89. The standard InChI is InChI=1S/C22H22N4O5/c1-30-22(29)14-9-13(10-15(11-14)24-20(27)18-7-4-8-31-18)12-23-21(28)19-16-5-2-3-6-17(16)25-26-19/h4,7-11H,2-3,5-6,12H2,1H3,(H,23,28)(H,24,27)(H,25,26). The SMILES string of the molecule is COC(=O)c1cc(CNC(=O)c2n[nH]c3c2CCCC3)cc(NC(=O)c2ccco2)c1. The lowest BCUT2D eigenvalue weighted by atomic mass is 9.96. The van der Waals surface area contributed by atoms with Gasteiger partial charge in [0.05, 0.1) is 18.9 Å². The highest BCUT2D eigenvalue weighted by molar-refractivity contribution is 6.03. The first kappa shape index (κ1) is 20.4. The molecule has 4 rings (SSSR count).